The molecule has 17 heavy (non-hydrogen) atoms. The molecule has 0 saturated carbocycles. The largest absolute Gasteiger partial charge is 0.391 e. The topological polar surface area (TPSA) is 46.2 Å². The van der Waals surface area contributed by atoms with Crippen molar-refractivity contribution in [1.82, 2.24) is 0 Å². The van der Waals surface area contributed by atoms with Gasteiger partial charge in [-0.15, -0.1) is 11.3 Å². The standard InChI is InChI=1S/C13H14ClNOS/c14-12-7-6-11(17-12)13(10(16)8-15)9-4-2-1-3-5-9/h1-7,10,13,16H,8,15H2. The summed E-state index contributed by atoms with van der Waals surface area (Å²) in [5.41, 5.74) is 6.64. The molecule has 3 N–H and O–H groups in total. The fourth-order valence-corrected chi connectivity index (χ4v) is 3.12. The summed E-state index contributed by atoms with van der Waals surface area (Å²) in [6.07, 6.45) is -0.591. The van der Waals surface area contributed by atoms with Crippen LogP contribution in [0.1, 0.15) is 16.4 Å². The van der Waals surface area contributed by atoms with Gasteiger partial charge in [-0.1, -0.05) is 41.9 Å². The fraction of sp³-hybridized carbons (Fsp3) is 0.231. The van der Waals surface area contributed by atoms with Gasteiger partial charge in [0, 0.05) is 17.3 Å². The zero-order valence-electron chi connectivity index (χ0n) is 9.21. The Morgan fingerprint density at radius 3 is 2.41 bits per heavy atom. The molecule has 0 radical (unpaired) electrons. The molecule has 1 aromatic carbocycles. The van der Waals surface area contributed by atoms with Gasteiger partial charge in [0.25, 0.3) is 0 Å². The maximum Gasteiger partial charge on any atom is 0.0931 e. The Morgan fingerprint density at radius 2 is 1.88 bits per heavy atom. The minimum Gasteiger partial charge on any atom is -0.391 e. The van der Waals surface area contributed by atoms with Gasteiger partial charge in [0.15, 0.2) is 0 Å². The average molecular weight is 268 g/mol. The molecule has 2 rings (SSSR count). The van der Waals surface area contributed by atoms with E-state index in [0.29, 0.717) is 0 Å². The summed E-state index contributed by atoms with van der Waals surface area (Å²) in [7, 11) is 0. The van der Waals surface area contributed by atoms with E-state index in [1.165, 1.54) is 11.3 Å². The fourth-order valence-electron chi connectivity index (χ4n) is 1.87. The number of halogens is 1. The normalized spacial score (nSPS) is 14.5. The lowest BCUT2D eigenvalue weighted by Gasteiger charge is -2.21. The van der Waals surface area contributed by atoms with E-state index in [1.54, 1.807) is 0 Å². The maximum atomic E-state index is 10.1. The third-order valence-electron chi connectivity index (χ3n) is 2.69. The summed E-state index contributed by atoms with van der Waals surface area (Å²) in [5.74, 6) is -0.0984. The molecule has 0 aliphatic heterocycles. The summed E-state index contributed by atoms with van der Waals surface area (Å²) in [5, 5.41) is 10.1. The van der Waals surface area contributed by atoms with Crippen molar-refractivity contribution in [3.05, 3.63) is 57.2 Å². The van der Waals surface area contributed by atoms with E-state index in [0.717, 1.165) is 14.8 Å². The molecule has 0 bridgehead atoms. The minimum atomic E-state index is -0.591. The van der Waals surface area contributed by atoms with Gasteiger partial charge in [-0.2, -0.15) is 0 Å². The number of nitrogens with two attached hydrogens (primary N) is 1. The molecule has 0 aliphatic rings. The van der Waals surface area contributed by atoms with Crippen LogP contribution in [-0.2, 0) is 0 Å². The van der Waals surface area contributed by atoms with Gasteiger partial charge < -0.3 is 10.8 Å². The molecule has 2 aromatic rings. The molecule has 2 unspecified atom stereocenters. The summed E-state index contributed by atoms with van der Waals surface area (Å²) >= 11 is 7.43. The number of benzene rings is 1. The molecule has 1 heterocycles. The molecular formula is C13H14ClNOS. The summed E-state index contributed by atoms with van der Waals surface area (Å²) < 4.78 is 0.727. The SMILES string of the molecule is NCC(O)C(c1ccccc1)c1ccc(Cl)s1. The van der Waals surface area contributed by atoms with E-state index < -0.39 is 6.10 Å². The van der Waals surface area contributed by atoms with Crippen LogP contribution in [0, 0.1) is 0 Å². The highest BCUT2D eigenvalue weighted by atomic mass is 35.5. The highest BCUT2D eigenvalue weighted by molar-refractivity contribution is 7.16. The Balaban J connectivity index is 2.39. The number of hydrogen-bond acceptors (Lipinski definition) is 3. The van der Waals surface area contributed by atoms with Crippen molar-refractivity contribution in [2.45, 2.75) is 12.0 Å². The van der Waals surface area contributed by atoms with Crippen molar-refractivity contribution in [2.24, 2.45) is 5.73 Å². The Hall–Kier alpha value is -0.870. The maximum absolute atomic E-state index is 10.1. The van der Waals surface area contributed by atoms with Crippen molar-refractivity contribution in [1.29, 1.82) is 0 Å². The molecule has 0 aliphatic carbocycles. The van der Waals surface area contributed by atoms with E-state index in [-0.39, 0.29) is 12.5 Å². The van der Waals surface area contributed by atoms with Crippen molar-refractivity contribution < 1.29 is 5.11 Å². The predicted molar refractivity (Wildman–Crippen MR) is 72.7 cm³/mol. The molecule has 0 amide bonds. The van der Waals surface area contributed by atoms with Crippen LogP contribution in [0.15, 0.2) is 42.5 Å². The third kappa shape index (κ3) is 2.87. The van der Waals surface area contributed by atoms with E-state index >= 15 is 0 Å². The lowest BCUT2D eigenvalue weighted by atomic mass is 9.92. The summed E-state index contributed by atoms with van der Waals surface area (Å²) in [6.45, 7) is 0.231. The number of thiophene rings is 1. The Morgan fingerprint density at radius 1 is 1.18 bits per heavy atom. The Bertz CT molecular complexity index is 471. The first-order valence-electron chi connectivity index (χ1n) is 5.40. The average Bonchev–Trinajstić information content (AvgIpc) is 2.77. The van der Waals surface area contributed by atoms with Gasteiger partial charge in [0.1, 0.15) is 0 Å². The lowest BCUT2D eigenvalue weighted by molar-refractivity contribution is 0.166. The highest BCUT2D eigenvalue weighted by Crippen LogP contribution is 2.34. The van der Waals surface area contributed by atoms with Crippen LogP contribution in [0.25, 0.3) is 0 Å². The Labute approximate surface area is 110 Å². The number of aliphatic hydroxyl groups is 1. The van der Waals surface area contributed by atoms with Gasteiger partial charge in [-0.3, -0.25) is 0 Å². The predicted octanol–water partition coefficient (Wildman–Crippen LogP) is 2.85. The highest BCUT2D eigenvalue weighted by Gasteiger charge is 2.23. The number of rotatable bonds is 4. The van der Waals surface area contributed by atoms with Gasteiger partial charge in [0.2, 0.25) is 0 Å². The van der Waals surface area contributed by atoms with Crippen molar-refractivity contribution in [2.75, 3.05) is 6.54 Å². The zero-order valence-corrected chi connectivity index (χ0v) is 10.8. The monoisotopic (exact) mass is 267 g/mol. The molecule has 0 saturated heterocycles. The molecule has 0 spiro atoms. The van der Waals surface area contributed by atoms with Crippen LogP contribution >= 0.6 is 22.9 Å². The second-order valence-corrected chi connectivity index (χ2v) is 5.58. The zero-order chi connectivity index (χ0) is 12.3. The first kappa shape index (κ1) is 12.6. The van der Waals surface area contributed by atoms with Gasteiger partial charge in [-0.25, -0.2) is 0 Å². The van der Waals surface area contributed by atoms with Crippen molar-refractivity contribution >= 4 is 22.9 Å². The van der Waals surface area contributed by atoms with Crippen LogP contribution in [0.3, 0.4) is 0 Å². The van der Waals surface area contributed by atoms with Crippen LogP contribution in [-0.4, -0.2) is 17.8 Å². The quantitative estimate of drug-likeness (QED) is 0.895. The van der Waals surface area contributed by atoms with Crippen molar-refractivity contribution in [3.63, 3.8) is 0 Å². The first-order valence-corrected chi connectivity index (χ1v) is 6.60. The molecular weight excluding hydrogens is 254 g/mol. The number of aliphatic hydroxyl groups excluding tert-OH is 1. The van der Waals surface area contributed by atoms with E-state index in [4.69, 9.17) is 17.3 Å². The number of hydrogen-bond donors (Lipinski definition) is 2. The van der Waals surface area contributed by atoms with E-state index in [9.17, 15) is 5.11 Å². The molecule has 4 heteroatoms. The smallest absolute Gasteiger partial charge is 0.0931 e. The first-order chi connectivity index (χ1) is 8.22. The molecule has 90 valence electrons. The van der Waals surface area contributed by atoms with Crippen LogP contribution in [0.2, 0.25) is 4.34 Å². The second-order valence-electron chi connectivity index (χ2n) is 3.83. The summed E-state index contributed by atoms with van der Waals surface area (Å²) in [6, 6.07) is 13.7. The van der Waals surface area contributed by atoms with Crippen molar-refractivity contribution in [3.8, 4) is 0 Å². The molecule has 0 fully saturated rings. The van der Waals surface area contributed by atoms with Gasteiger partial charge in [-0.05, 0) is 17.7 Å². The summed E-state index contributed by atoms with van der Waals surface area (Å²) in [4.78, 5) is 1.04. The van der Waals surface area contributed by atoms with Crippen LogP contribution in [0.4, 0.5) is 0 Å². The third-order valence-corrected chi connectivity index (χ3v) is 4.00. The molecule has 2 nitrogen and oxygen atoms in total. The minimum absolute atomic E-state index is 0.0984. The van der Waals surface area contributed by atoms with Crippen LogP contribution in [0.5, 0.6) is 0 Å². The molecule has 1 aromatic heterocycles. The Kier molecular flexibility index (Phi) is 4.18. The van der Waals surface area contributed by atoms with Gasteiger partial charge >= 0.3 is 0 Å². The lowest BCUT2D eigenvalue weighted by Crippen LogP contribution is -2.27. The van der Waals surface area contributed by atoms with E-state index in [1.807, 2.05) is 42.5 Å². The van der Waals surface area contributed by atoms with E-state index in [2.05, 4.69) is 0 Å². The second kappa shape index (κ2) is 5.65. The van der Waals surface area contributed by atoms with Gasteiger partial charge in [0.05, 0.1) is 10.4 Å². The molecule has 2 atom stereocenters. The van der Waals surface area contributed by atoms with Crippen LogP contribution < -0.4 is 5.73 Å².